The fraction of sp³-hybridized carbons (Fsp3) is 0.286. The molecule has 0 radical (unpaired) electrons. The van der Waals surface area contributed by atoms with Crippen molar-refractivity contribution >= 4 is 27.3 Å². The monoisotopic (exact) mass is 418 g/mol. The molecule has 0 aromatic heterocycles. The van der Waals surface area contributed by atoms with E-state index in [1.54, 1.807) is 54.6 Å². The lowest BCUT2D eigenvalue weighted by Gasteiger charge is -2.19. The number of benzene rings is 2. The van der Waals surface area contributed by atoms with Crippen LogP contribution < -0.4 is 19.1 Å². The van der Waals surface area contributed by atoms with Crippen molar-refractivity contribution in [1.29, 1.82) is 0 Å². The van der Waals surface area contributed by atoms with E-state index < -0.39 is 16.1 Å². The number of nitrogens with one attached hydrogen (secondary N) is 1. The van der Waals surface area contributed by atoms with E-state index in [4.69, 9.17) is 9.47 Å². The van der Waals surface area contributed by atoms with Gasteiger partial charge >= 0.3 is 0 Å². The summed E-state index contributed by atoms with van der Waals surface area (Å²) in [5.74, 6) is 0.890. The van der Waals surface area contributed by atoms with Crippen molar-refractivity contribution in [3.63, 3.8) is 0 Å². The molecule has 2 aromatic carbocycles. The van der Waals surface area contributed by atoms with Crippen molar-refractivity contribution in [3.05, 3.63) is 61.2 Å². The number of sulfonamides is 1. The Balaban J connectivity index is 2.00. The first-order valence-corrected chi connectivity index (χ1v) is 10.9. The molecule has 2 rings (SSSR count). The van der Waals surface area contributed by atoms with Crippen LogP contribution in [0.25, 0.3) is 0 Å². The second kappa shape index (κ2) is 9.97. The third kappa shape index (κ3) is 6.53. The first kappa shape index (κ1) is 22.3. The van der Waals surface area contributed by atoms with E-state index in [0.29, 0.717) is 35.9 Å². The summed E-state index contributed by atoms with van der Waals surface area (Å²) in [4.78, 5) is 12.5. The van der Waals surface area contributed by atoms with Gasteiger partial charge in [0.05, 0.1) is 11.9 Å². The topological polar surface area (TPSA) is 84.9 Å². The quantitative estimate of drug-likeness (QED) is 0.598. The van der Waals surface area contributed by atoms with Gasteiger partial charge in [0.2, 0.25) is 10.0 Å². The second-order valence-electron chi connectivity index (χ2n) is 6.35. The molecule has 0 saturated carbocycles. The van der Waals surface area contributed by atoms with Crippen LogP contribution in [-0.4, -0.2) is 40.3 Å². The molecule has 1 atom stereocenters. The number of hydrogen-bond donors (Lipinski definition) is 1. The molecule has 1 N–H and O–H groups in total. The van der Waals surface area contributed by atoms with Crippen LogP contribution in [0.2, 0.25) is 0 Å². The summed E-state index contributed by atoms with van der Waals surface area (Å²) < 4.78 is 35.6. The first-order chi connectivity index (χ1) is 13.7. The second-order valence-corrected chi connectivity index (χ2v) is 8.37. The molecular formula is C21H26N2O5S. The third-order valence-electron chi connectivity index (χ3n) is 4.13. The molecule has 0 aliphatic heterocycles. The maximum atomic E-state index is 12.5. The average Bonchev–Trinajstić information content (AvgIpc) is 2.70. The minimum absolute atomic E-state index is 0.274. The number of nitrogens with zero attached hydrogens (tertiary/aromatic N) is 1. The van der Waals surface area contributed by atoms with Crippen LogP contribution in [0.3, 0.4) is 0 Å². The lowest BCUT2D eigenvalue weighted by Crippen LogP contribution is -2.32. The molecule has 156 valence electrons. The highest BCUT2D eigenvalue weighted by Gasteiger charge is 2.19. The van der Waals surface area contributed by atoms with Crippen LogP contribution >= 0.6 is 0 Å². The summed E-state index contributed by atoms with van der Waals surface area (Å²) in [7, 11) is -1.86. The Labute approximate surface area is 172 Å². The summed E-state index contributed by atoms with van der Waals surface area (Å²) in [6, 6.07) is 13.6. The summed E-state index contributed by atoms with van der Waals surface area (Å²) in [6.07, 6.45) is 2.57. The highest BCUT2D eigenvalue weighted by Crippen LogP contribution is 2.22. The molecule has 0 fully saturated rings. The van der Waals surface area contributed by atoms with Crippen molar-refractivity contribution in [2.24, 2.45) is 0 Å². The van der Waals surface area contributed by atoms with Gasteiger partial charge in [-0.25, -0.2) is 8.42 Å². The summed E-state index contributed by atoms with van der Waals surface area (Å²) in [6.45, 7) is 5.86. The molecule has 1 unspecified atom stereocenters. The van der Waals surface area contributed by atoms with Crippen LogP contribution in [0.15, 0.2) is 61.2 Å². The average molecular weight is 419 g/mol. The van der Waals surface area contributed by atoms with Crippen molar-refractivity contribution in [3.8, 4) is 11.5 Å². The number of carbonyl (C=O) groups excluding carboxylic acids is 1. The van der Waals surface area contributed by atoms with E-state index in [1.807, 2.05) is 6.92 Å². The van der Waals surface area contributed by atoms with Gasteiger partial charge in [-0.05, 0) is 55.0 Å². The lowest BCUT2D eigenvalue weighted by molar-refractivity contribution is -0.122. The zero-order chi connectivity index (χ0) is 21.4. The number of anilines is 2. The van der Waals surface area contributed by atoms with E-state index in [-0.39, 0.29) is 5.91 Å². The van der Waals surface area contributed by atoms with Crippen molar-refractivity contribution in [1.82, 2.24) is 0 Å². The minimum atomic E-state index is -3.34. The Bertz CT molecular complexity index is 925. The van der Waals surface area contributed by atoms with Gasteiger partial charge in [-0.3, -0.25) is 9.10 Å². The molecule has 8 heteroatoms. The Morgan fingerprint density at radius 1 is 1.14 bits per heavy atom. The lowest BCUT2D eigenvalue weighted by atomic mass is 10.2. The normalized spacial score (nSPS) is 12.0. The molecule has 0 spiro atoms. The van der Waals surface area contributed by atoms with Crippen molar-refractivity contribution in [2.75, 3.05) is 29.5 Å². The van der Waals surface area contributed by atoms with Gasteiger partial charge in [0.25, 0.3) is 5.91 Å². The molecule has 1 amide bonds. The number of ether oxygens (including phenoxy) is 2. The predicted molar refractivity (Wildman–Crippen MR) is 115 cm³/mol. The van der Waals surface area contributed by atoms with Gasteiger partial charge in [-0.15, -0.1) is 0 Å². The summed E-state index contributed by atoms with van der Waals surface area (Å²) >= 11 is 0. The van der Waals surface area contributed by atoms with E-state index in [2.05, 4.69) is 11.9 Å². The highest BCUT2D eigenvalue weighted by molar-refractivity contribution is 7.92. The van der Waals surface area contributed by atoms with Gasteiger partial charge in [0.15, 0.2) is 6.10 Å². The SMILES string of the molecule is C=CCOc1ccc(NC(=O)C(CC)Oc2ccc(N(C)S(C)(=O)=O)cc2)cc1. The summed E-state index contributed by atoms with van der Waals surface area (Å²) in [5, 5.41) is 2.82. The maximum absolute atomic E-state index is 12.5. The Morgan fingerprint density at radius 3 is 2.24 bits per heavy atom. The zero-order valence-corrected chi connectivity index (χ0v) is 17.6. The molecule has 0 saturated heterocycles. The molecule has 0 bridgehead atoms. The minimum Gasteiger partial charge on any atom is -0.490 e. The maximum Gasteiger partial charge on any atom is 0.265 e. The van der Waals surface area contributed by atoms with Crippen molar-refractivity contribution in [2.45, 2.75) is 19.4 Å². The molecule has 7 nitrogen and oxygen atoms in total. The van der Waals surface area contributed by atoms with Crippen molar-refractivity contribution < 1.29 is 22.7 Å². The van der Waals surface area contributed by atoms with Gasteiger partial charge < -0.3 is 14.8 Å². The van der Waals surface area contributed by atoms with E-state index >= 15 is 0 Å². The Hall–Kier alpha value is -3.00. The smallest absolute Gasteiger partial charge is 0.265 e. The Morgan fingerprint density at radius 2 is 1.72 bits per heavy atom. The predicted octanol–water partition coefficient (Wildman–Crippen LogP) is 3.44. The van der Waals surface area contributed by atoms with Crippen LogP contribution in [0.4, 0.5) is 11.4 Å². The fourth-order valence-electron chi connectivity index (χ4n) is 2.43. The van der Waals surface area contributed by atoms with Gasteiger partial charge in [0.1, 0.15) is 18.1 Å². The molecule has 2 aromatic rings. The van der Waals surface area contributed by atoms with Gasteiger partial charge in [-0.2, -0.15) is 0 Å². The molecule has 29 heavy (non-hydrogen) atoms. The van der Waals surface area contributed by atoms with Crippen LogP contribution in [0.5, 0.6) is 11.5 Å². The molecular weight excluding hydrogens is 392 g/mol. The standard InChI is InChI=1S/C21H26N2O5S/c1-5-15-27-18-11-7-16(8-12-18)22-21(24)20(6-2)28-19-13-9-17(10-14-19)23(3)29(4,25)26/h5,7-14,20H,1,6,15H2,2-4H3,(H,22,24). The largest absolute Gasteiger partial charge is 0.490 e. The number of rotatable bonds is 10. The van der Waals surface area contributed by atoms with Crippen LogP contribution in [0, 0.1) is 0 Å². The molecule has 0 aliphatic carbocycles. The van der Waals surface area contributed by atoms with E-state index in [1.165, 1.54) is 11.4 Å². The van der Waals surface area contributed by atoms with Crippen LogP contribution in [-0.2, 0) is 14.8 Å². The van der Waals surface area contributed by atoms with Gasteiger partial charge in [0, 0.05) is 12.7 Å². The summed E-state index contributed by atoms with van der Waals surface area (Å²) in [5.41, 5.74) is 1.14. The highest BCUT2D eigenvalue weighted by atomic mass is 32.2. The molecule has 0 aliphatic rings. The van der Waals surface area contributed by atoms with Crippen LogP contribution in [0.1, 0.15) is 13.3 Å². The third-order valence-corrected chi connectivity index (χ3v) is 5.33. The van der Waals surface area contributed by atoms with Gasteiger partial charge in [-0.1, -0.05) is 19.6 Å². The number of carbonyl (C=O) groups is 1. The zero-order valence-electron chi connectivity index (χ0n) is 16.8. The van der Waals surface area contributed by atoms with E-state index in [0.717, 1.165) is 6.26 Å². The first-order valence-electron chi connectivity index (χ1n) is 9.09. The molecule has 0 heterocycles. The number of amides is 1. The van der Waals surface area contributed by atoms with E-state index in [9.17, 15) is 13.2 Å². The Kier molecular flexibility index (Phi) is 7.67. The number of hydrogen-bond acceptors (Lipinski definition) is 5. The fourth-order valence-corrected chi connectivity index (χ4v) is 2.93.